The number of amides is 2. The average Bonchev–Trinajstić information content (AvgIpc) is 2.84. The fraction of sp³-hybridized carbons (Fsp3) is 0.263. The first-order valence-corrected chi connectivity index (χ1v) is 10.6. The standard InChI is InChI=1S/C19H18ClFN2O6S/c20-14-1-4-16(5-2-14)30(27,28)23-10-18(25)22-9-13(19(23)26)7-12-8-15(24)3-6-17(12)29-11-21/h1-6,8,13,24H,7,9-11H2,(H,22,25). The largest absolute Gasteiger partial charge is 0.508 e. The van der Waals surface area contributed by atoms with Crippen LogP contribution in [0.25, 0.3) is 0 Å². The van der Waals surface area contributed by atoms with Gasteiger partial charge in [-0.15, -0.1) is 0 Å². The van der Waals surface area contributed by atoms with Crippen molar-refractivity contribution in [1.29, 1.82) is 0 Å². The van der Waals surface area contributed by atoms with Gasteiger partial charge in [-0.25, -0.2) is 17.1 Å². The zero-order chi connectivity index (χ0) is 21.9. The summed E-state index contributed by atoms with van der Waals surface area (Å²) in [5.41, 5.74) is 0.297. The monoisotopic (exact) mass is 456 g/mol. The van der Waals surface area contributed by atoms with Gasteiger partial charge in [0.05, 0.1) is 10.8 Å². The molecule has 0 bridgehead atoms. The number of carbonyl (C=O) groups is 2. The molecule has 1 aliphatic rings. The van der Waals surface area contributed by atoms with Crippen molar-refractivity contribution in [2.75, 3.05) is 20.0 Å². The molecule has 30 heavy (non-hydrogen) atoms. The van der Waals surface area contributed by atoms with Gasteiger partial charge in [0.2, 0.25) is 18.7 Å². The molecule has 0 aliphatic carbocycles. The molecule has 1 unspecified atom stereocenters. The van der Waals surface area contributed by atoms with Crippen LogP contribution in [0.3, 0.4) is 0 Å². The smallest absolute Gasteiger partial charge is 0.266 e. The fourth-order valence-electron chi connectivity index (χ4n) is 3.08. The van der Waals surface area contributed by atoms with E-state index < -0.39 is 41.2 Å². The zero-order valence-electron chi connectivity index (χ0n) is 15.5. The van der Waals surface area contributed by atoms with Gasteiger partial charge >= 0.3 is 0 Å². The van der Waals surface area contributed by atoms with Gasteiger partial charge in [0.1, 0.15) is 18.0 Å². The van der Waals surface area contributed by atoms with Crippen LogP contribution in [0.4, 0.5) is 4.39 Å². The lowest BCUT2D eigenvalue weighted by Crippen LogP contribution is -2.42. The molecule has 1 saturated heterocycles. The van der Waals surface area contributed by atoms with Gasteiger partial charge in [-0.05, 0) is 54.4 Å². The van der Waals surface area contributed by atoms with Crippen LogP contribution in [-0.2, 0) is 26.0 Å². The molecule has 3 rings (SSSR count). The van der Waals surface area contributed by atoms with Crippen LogP contribution < -0.4 is 10.1 Å². The van der Waals surface area contributed by atoms with Crippen molar-refractivity contribution in [2.45, 2.75) is 11.3 Å². The minimum Gasteiger partial charge on any atom is -0.508 e. The highest BCUT2D eigenvalue weighted by Crippen LogP contribution is 2.28. The molecule has 8 nitrogen and oxygen atoms in total. The first-order valence-electron chi connectivity index (χ1n) is 8.82. The SMILES string of the molecule is O=C1CN(S(=O)(=O)c2ccc(Cl)cc2)C(=O)C(Cc2cc(O)ccc2OCF)CN1. The van der Waals surface area contributed by atoms with Crippen molar-refractivity contribution >= 4 is 33.4 Å². The van der Waals surface area contributed by atoms with Crippen molar-refractivity contribution in [3.05, 3.63) is 53.1 Å². The summed E-state index contributed by atoms with van der Waals surface area (Å²) in [7, 11) is -4.31. The predicted molar refractivity (Wildman–Crippen MR) is 105 cm³/mol. The van der Waals surface area contributed by atoms with E-state index in [0.29, 0.717) is 14.9 Å². The summed E-state index contributed by atoms with van der Waals surface area (Å²) >= 11 is 5.79. The van der Waals surface area contributed by atoms with Gasteiger partial charge in [0.25, 0.3) is 10.0 Å². The minimum absolute atomic E-state index is 0.0878. The van der Waals surface area contributed by atoms with E-state index in [1.54, 1.807) is 0 Å². The summed E-state index contributed by atoms with van der Waals surface area (Å²) in [6, 6.07) is 9.14. The highest BCUT2D eigenvalue weighted by molar-refractivity contribution is 7.89. The van der Waals surface area contributed by atoms with Gasteiger partial charge in [0.15, 0.2) is 0 Å². The van der Waals surface area contributed by atoms with Gasteiger partial charge in [-0.1, -0.05) is 11.6 Å². The third-order valence-corrected chi connectivity index (χ3v) is 6.56. The summed E-state index contributed by atoms with van der Waals surface area (Å²) in [6.45, 7) is -1.92. The zero-order valence-corrected chi connectivity index (χ0v) is 17.1. The van der Waals surface area contributed by atoms with E-state index in [9.17, 15) is 27.5 Å². The Bertz CT molecular complexity index is 1060. The molecular weight excluding hydrogens is 439 g/mol. The molecule has 2 amide bonds. The number of hydrogen-bond donors (Lipinski definition) is 2. The molecule has 1 heterocycles. The molecule has 2 aromatic carbocycles. The highest BCUT2D eigenvalue weighted by atomic mass is 35.5. The second-order valence-corrected chi connectivity index (χ2v) is 8.85. The van der Waals surface area contributed by atoms with Crippen molar-refractivity contribution in [3.8, 4) is 11.5 Å². The number of phenols is 1. The number of phenolic OH excluding ortho intramolecular Hbond substituents is 1. The van der Waals surface area contributed by atoms with E-state index >= 15 is 0 Å². The van der Waals surface area contributed by atoms with E-state index in [1.807, 2.05) is 0 Å². The second-order valence-electron chi connectivity index (χ2n) is 6.55. The maximum absolute atomic E-state index is 13.1. The van der Waals surface area contributed by atoms with Gasteiger partial charge < -0.3 is 15.2 Å². The van der Waals surface area contributed by atoms with Crippen LogP contribution in [0.2, 0.25) is 5.02 Å². The average molecular weight is 457 g/mol. The van der Waals surface area contributed by atoms with Gasteiger partial charge in [0, 0.05) is 11.6 Å². The van der Waals surface area contributed by atoms with Crippen molar-refractivity contribution in [3.63, 3.8) is 0 Å². The number of carbonyl (C=O) groups excluding carboxylic acids is 2. The van der Waals surface area contributed by atoms with Crippen molar-refractivity contribution in [1.82, 2.24) is 9.62 Å². The number of nitrogens with zero attached hydrogens (tertiary/aromatic N) is 1. The summed E-state index contributed by atoms with van der Waals surface area (Å²) < 4.78 is 44.0. The molecule has 1 aliphatic heterocycles. The van der Waals surface area contributed by atoms with Crippen LogP contribution in [0.5, 0.6) is 11.5 Å². The Kier molecular flexibility index (Phi) is 6.47. The molecule has 1 fully saturated rings. The van der Waals surface area contributed by atoms with Gasteiger partial charge in [-0.2, -0.15) is 0 Å². The van der Waals surface area contributed by atoms with Crippen LogP contribution in [0.15, 0.2) is 47.4 Å². The third kappa shape index (κ3) is 4.65. The molecule has 160 valence electrons. The van der Waals surface area contributed by atoms with Crippen LogP contribution in [-0.4, -0.2) is 49.6 Å². The van der Waals surface area contributed by atoms with E-state index in [0.717, 1.165) is 0 Å². The summed E-state index contributed by atoms with van der Waals surface area (Å²) in [5, 5.41) is 12.6. The molecular formula is C19H18ClFN2O6S. The lowest BCUT2D eigenvalue weighted by molar-refractivity contribution is -0.131. The number of ether oxygens (including phenoxy) is 1. The Balaban J connectivity index is 1.94. The molecule has 2 aromatic rings. The van der Waals surface area contributed by atoms with E-state index in [-0.39, 0.29) is 29.4 Å². The van der Waals surface area contributed by atoms with E-state index in [2.05, 4.69) is 5.32 Å². The Hall–Kier alpha value is -2.85. The normalized spacial score (nSPS) is 17.4. The Morgan fingerprint density at radius 1 is 1.20 bits per heavy atom. The number of aromatic hydroxyl groups is 1. The summed E-state index contributed by atoms with van der Waals surface area (Å²) in [5.74, 6) is -2.46. The number of alkyl halides is 1. The van der Waals surface area contributed by atoms with Crippen LogP contribution in [0, 0.1) is 5.92 Å². The number of hydrogen-bond acceptors (Lipinski definition) is 6. The Morgan fingerprint density at radius 2 is 1.90 bits per heavy atom. The quantitative estimate of drug-likeness (QED) is 0.686. The van der Waals surface area contributed by atoms with E-state index in [1.165, 1.54) is 42.5 Å². The Labute approximate surface area is 177 Å². The van der Waals surface area contributed by atoms with Crippen molar-refractivity contribution in [2.24, 2.45) is 5.92 Å². The second kappa shape index (κ2) is 8.88. The molecule has 0 saturated carbocycles. The predicted octanol–water partition coefficient (Wildman–Crippen LogP) is 1.86. The lowest BCUT2D eigenvalue weighted by atomic mass is 9.97. The van der Waals surface area contributed by atoms with Crippen LogP contribution >= 0.6 is 11.6 Å². The minimum atomic E-state index is -4.31. The molecule has 2 N–H and O–H groups in total. The first kappa shape index (κ1) is 21.8. The molecule has 1 atom stereocenters. The maximum atomic E-state index is 13.1. The highest BCUT2D eigenvalue weighted by Gasteiger charge is 2.38. The number of halogens is 2. The molecule has 11 heteroatoms. The van der Waals surface area contributed by atoms with Gasteiger partial charge in [-0.3, -0.25) is 9.59 Å². The Morgan fingerprint density at radius 3 is 2.57 bits per heavy atom. The molecule has 0 radical (unpaired) electrons. The first-order chi connectivity index (χ1) is 14.2. The number of sulfonamides is 1. The molecule has 0 aromatic heterocycles. The fourth-order valence-corrected chi connectivity index (χ4v) is 4.61. The van der Waals surface area contributed by atoms with E-state index in [4.69, 9.17) is 16.3 Å². The number of benzene rings is 2. The number of rotatable bonds is 6. The van der Waals surface area contributed by atoms with Crippen LogP contribution in [0.1, 0.15) is 5.56 Å². The maximum Gasteiger partial charge on any atom is 0.266 e. The lowest BCUT2D eigenvalue weighted by Gasteiger charge is -2.23. The topological polar surface area (TPSA) is 113 Å². The third-order valence-electron chi connectivity index (χ3n) is 4.55. The summed E-state index contributed by atoms with van der Waals surface area (Å²) in [6.07, 6.45) is -0.0878. The number of nitrogens with one attached hydrogen (secondary N) is 1. The van der Waals surface area contributed by atoms with Crippen molar-refractivity contribution < 1.29 is 32.2 Å². The molecule has 0 spiro atoms. The summed E-state index contributed by atoms with van der Waals surface area (Å²) in [4.78, 5) is 25.0.